The van der Waals surface area contributed by atoms with Crippen LogP contribution in [-0.4, -0.2) is 9.78 Å². The van der Waals surface area contributed by atoms with Crippen molar-refractivity contribution in [3.05, 3.63) is 52.3 Å². The van der Waals surface area contributed by atoms with Gasteiger partial charge in [-0.2, -0.15) is 5.10 Å². The number of hydrogen-bond acceptors (Lipinski definition) is 2. The second-order valence-corrected chi connectivity index (χ2v) is 5.85. The van der Waals surface area contributed by atoms with Gasteiger partial charge in [0.1, 0.15) is 0 Å². The number of hydrogen-bond donors (Lipinski definition) is 1. The lowest BCUT2D eigenvalue weighted by Crippen LogP contribution is -2.23. The zero-order valence-corrected chi connectivity index (χ0v) is 13.4. The van der Waals surface area contributed by atoms with Gasteiger partial charge in [-0.25, -0.2) is 0 Å². The van der Waals surface area contributed by atoms with Crippen LogP contribution in [0.2, 0.25) is 0 Å². The maximum atomic E-state index is 4.24. The molecule has 0 aliphatic heterocycles. The van der Waals surface area contributed by atoms with Gasteiger partial charge in [0, 0.05) is 30.9 Å². The third-order valence-corrected chi connectivity index (χ3v) is 4.07. The first-order valence-electron chi connectivity index (χ1n) is 7.21. The Balaban J connectivity index is 2.16. The Labute approximate surface area is 122 Å². The molecule has 0 radical (unpaired) electrons. The summed E-state index contributed by atoms with van der Waals surface area (Å²) >= 11 is 0. The van der Waals surface area contributed by atoms with Crippen molar-refractivity contribution in [2.45, 2.75) is 46.7 Å². The van der Waals surface area contributed by atoms with Crippen LogP contribution in [0.25, 0.3) is 0 Å². The minimum Gasteiger partial charge on any atom is -0.304 e. The Bertz CT molecular complexity index is 598. The first kappa shape index (κ1) is 14.8. The van der Waals surface area contributed by atoms with Crippen LogP contribution in [0.3, 0.4) is 0 Å². The van der Waals surface area contributed by atoms with Crippen LogP contribution in [0.15, 0.2) is 24.5 Å². The summed E-state index contributed by atoms with van der Waals surface area (Å²) in [6, 6.07) is 5.19. The minimum absolute atomic E-state index is 0.291. The molecule has 2 rings (SSSR count). The van der Waals surface area contributed by atoms with Crippen LogP contribution in [0.4, 0.5) is 0 Å². The summed E-state index contributed by atoms with van der Waals surface area (Å²) in [6.45, 7) is 10.9. The van der Waals surface area contributed by atoms with Crippen molar-refractivity contribution >= 4 is 0 Å². The molecule has 0 saturated heterocycles. The van der Waals surface area contributed by atoms with Crippen molar-refractivity contribution in [3.8, 4) is 0 Å². The van der Waals surface area contributed by atoms with Crippen molar-refractivity contribution in [2.75, 3.05) is 0 Å². The number of rotatable bonds is 4. The second-order valence-electron chi connectivity index (χ2n) is 5.85. The van der Waals surface area contributed by atoms with Crippen LogP contribution in [0.1, 0.15) is 53.7 Å². The summed E-state index contributed by atoms with van der Waals surface area (Å²) in [6.07, 6.45) is 4.00. The summed E-state index contributed by atoms with van der Waals surface area (Å²) in [4.78, 5) is 0. The van der Waals surface area contributed by atoms with Crippen LogP contribution in [0, 0.1) is 20.8 Å². The molecule has 3 nitrogen and oxygen atoms in total. The highest BCUT2D eigenvalue weighted by Crippen LogP contribution is 2.24. The topological polar surface area (TPSA) is 29.9 Å². The van der Waals surface area contributed by atoms with Gasteiger partial charge in [0.2, 0.25) is 0 Å². The molecule has 2 atom stereocenters. The molecule has 2 unspecified atom stereocenters. The SMILES string of the molecule is Cc1cc(C)c(C(C)NC(C)c2cnn(C)c2)cc1C. The maximum Gasteiger partial charge on any atom is 0.0537 e. The zero-order valence-electron chi connectivity index (χ0n) is 13.4. The number of benzene rings is 1. The number of nitrogens with zero attached hydrogens (tertiary/aromatic N) is 2. The fourth-order valence-corrected chi connectivity index (χ4v) is 2.67. The van der Waals surface area contributed by atoms with Gasteiger partial charge in [-0.1, -0.05) is 12.1 Å². The number of aromatic nitrogens is 2. The highest BCUT2D eigenvalue weighted by molar-refractivity contribution is 5.38. The van der Waals surface area contributed by atoms with Gasteiger partial charge in [0.15, 0.2) is 0 Å². The predicted octanol–water partition coefficient (Wildman–Crippen LogP) is 3.76. The Morgan fingerprint density at radius 2 is 1.65 bits per heavy atom. The second kappa shape index (κ2) is 5.80. The monoisotopic (exact) mass is 271 g/mol. The average molecular weight is 271 g/mol. The highest BCUT2D eigenvalue weighted by atomic mass is 15.2. The first-order valence-corrected chi connectivity index (χ1v) is 7.21. The van der Waals surface area contributed by atoms with Gasteiger partial charge in [-0.3, -0.25) is 4.68 Å². The Hall–Kier alpha value is -1.61. The lowest BCUT2D eigenvalue weighted by Gasteiger charge is -2.22. The molecule has 2 aromatic rings. The normalized spacial score (nSPS) is 14.3. The third kappa shape index (κ3) is 3.10. The number of aryl methyl sites for hydroxylation is 4. The van der Waals surface area contributed by atoms with E-state index in [0.717, 1.165) is 0 Å². The Morgan fingerprint density at radius 1 is 1.00 bits per heavy atom. The lowest BCUT2D eigenvalue weighted by molar-refractivity contribution is 0.492. The standard InChI is InChI=1S/C17H25N3/c1-11-7-13(3)17(8-12(11)2)15(5)19-14(4)16-9-18-20(6)10-16/h7-10,14-15,19H,1-6H3. The molecule has 0 aliphatic carbocycles. The highest BCUT2D eigenvalue weighted by Gasteiger charge is 2.14. The fourth-order valence-electron chi connectivity index (χ4n) is 2.67. The minimum atomic E-state index is 0.291. The van der Waals surface area contributed by atoms with Crippen LogP contribution < -0.4 is 5.32 Å². The quantitative estimate of drug-likeness (QED) is 0.917. The molecule has 3 heteroatoms. The lowest BCUT2D eigenvalue weighted by atomic mass is 9.96. The van der Waals surface area contributed by atoms with E-state index in [2.05, 4.69) is 63.4 Å². The van der Waals surface area contributed by atoms with E-state index in [0.29, 0.717) is 12.1 Å². The Morgan fingerprint density at radius 3 is 2.25 bits per heavy atom. The van der Waals surface area contributed by atoms with E-state index < -0.39 is 0 Å². The molecule has 20 heavy (non-hydrogen) atoms. The molecule has 0 bridgehead atoms. The number of nitrogens with one attached hydrogen (secondary N) is 1. The first-order chi connectivity index (χ1) is 9.38. The molecular formula is C17H25N3. The molecule has 1 aromatic carbocycles. The van der Waals surface area contributed by atoms with Gasteiger partial charge in [-0.05, 0) is 56.9 Å². The van der Waals surface area contributed by atoms with Crippen LogP contribution in [0.5, 0.6) is 0 Å². The van der Waals surface area contributed by atoms with E-state index in [4.69, 9.17) is 0 Å². The molecule has 0 amide bonds. The molecule has 0 fully saturated rings. The summed E-state index contributed by atoms with van der Waals surface area (Å²) in [5, 5.41) is 7.90. The van der Waals surface area contributed by atoms with Crippen molar-refractivity contribution in [3.63, 3.8) is 0 Å². The Kier molecular flexibility index (Phi) is 4.29. The fraction of sp³-hybridized carbons (Fsp3) is 0.471. The molecule has 0 aliphatic rings. The van der Waals surface area contributed by atoms with E-state index in [1.165, 1.54) is 27.8 Å². The molecule has 0 saturated carbocycles. The molecule has 1 N–H and O–H groups in total. The van der Waals surface area contributed by atoms with Crippen molar-refractivity contribution < 1.29 is 0 Å². The average Bonchev–Trinajstić information content (AvgIpc) is 2.80. The van der Waals surface area contributed by atoms with Crippen molar-refractivity contribution in [1.82, 2.24) is 15.1 Å². The van der Waals surface area contributed by atoms with Gasteiger partial charge >= 0.3 is 0 Å². The van der Waals surface area contributed by atoms with Crippen molar-refractivity contribution in [2.24, 2.45) is 7.05 Å². The predicted molar refractivity (Wildman–Crippen MR) is 83.8 cm³/mol. The van der Waals surface area contributed by atoms with Gasteiger partial charge < -0.3 is 5.32 Å². The largest absolute Gasteiger partial charge is 0.304 e. The van der Waals surface area contributed by atoms with E-state index in [9.17, 15) is 0 Å². The molecule has 1 heterocycles. The zero-order chi connectivity index (χ0) is 14.9. The summed E-state index contributed by atoms with van der Waals surface area (Å²) in [5.41, 5.74) is 6.67. The van der Waals surface area contributed by atoms with Crippen LogP contribution >= 0.6 is 0 Å². The van der Waals surface area contributed by atoms with E-state index in [1.54, 1.807) is 0 Å². The summed E-state index contributed by atoms with van der Waals surface area (Å²) < 4.78 is 1.85. The van der Waals surface area contributed by atoms with Gasteiger partial charge in [0.25, 0.3) is 0 Å². The van der Waals surface area contributed by atoms with E-state index in [-0.39, 0.29) is 0 Å². The molecule has 1 aromatic heterocycles. The summed E-state index contributed by atoms with van der Waals surface area (Å²) in [5.74, 6) is 0. The molecule has 108 valence electrons. The van der Waals surface area contributed by atoms with E-state index >= 15 is 0 Å². The van der Waals surface area contributed by atoms with Gasteiger partial charge in [-0.15, -0.1) is 0 Å². The molecule has 0 spiro atoms. The smallest absolute Gasteiger partial charge is 0.0537 e. The van der Waals surface area contributed by atoms with Gasteiger partial charge in [0.05, 0.1) is 6.20 Å². The maximum absolute atomic E-state index is 4.24. The van der Waals surface area contributed by atoms with Crippen molar-refractivity contribution in [1.29, 1.82) is 0 Å². The molecular weight excluding hydrogens is 246 g/mol. The van der Waals surface area contributed by atoms with Crippen LogP contribution in [-0.2, 0) is 7.05 Å². The summed E-state index contributed by atoms with van der Waals surface area (Å²) in [7, 11) is 1.95. The van der Waals surface area contributed by atoms with E-state index in [1.807, 2.05) is 17.9 Å². The third-order valence-electron chi connectivity index (χ3n) is 4.07.